The molecule has 0 saturated heterocycles. The summed E-state index contributed by atoms with van der Waals surface area (Å²) in [6.07, 6.45) is -2.38. The summed E-state index contributed by atoms with van der Waals surface area (Å²) in [6, 6.07) is -1.31. The maximum atomic E-state index is 12.6. The van der Waals surface area contributed by atoms with Gasteiger partial charge in [-0.05, 0) is 25.9 Å². The van der Waals surface area contributed by atoms with E-state index in [0.717, 1.165) is 12.8 Å². The average Bonchev–Trinajstić information content (AvgIpc) is 1.97. The molecule has 0 rings (SSSR count). The van der Waals surface area contributed by atoms with Gasteiger partial charge in [0.05, 0.1) is 0 Å². The molecule has 0 aliphatic carbocycles. The van der Waals surface area contributed by atoms with Gasteiger partial charge in [-0.3, -0.25) is 4.90 Å². The van der Waals surface area contributed by atoms with Crippen molar-refractivity contribution < 1.29 is 13.2 Å². The second kappa shape index (κ2) is 5.59. The molecule has 0 fully saturated rings. The number of hydrogen-bond acceptors (Lipinski definition) is 1. The quantitative estimate of drug-likeness (QED) is 0.674. The normalized spacial score (nSPS) is 15.2. The Labute approximate surface area is 84.3 Å². The largest absolute Gasteiger partial charge is 0.404 e. The molecule has 0 aromatic rings. The third-order valence-electron chi connectivity index (χ3n) is 2.31. The Morgan fingerprint density at radius 1 is 1.21 bits per heavy atom. The van der Waals surface area contributed by atoms with E-state index in [1.807, 2.05) is 6.92 Å². The number of hydrogen-bond donors (Lipinski definition) is 0. The van der Waals surface area contributed by atoms with Crippen LogP contribution in [-0.4, -0.2) is 30.7 Å². The van der Waals surface area contributed by atoms with E-state index in [-0.39, 0.29) is 0 Å². The fourth-order valence-electron chi connectivity index (χ4n) is 1.68. The topological polar surface area (TPSA) is 3.24 Å². The molecule has 0 bridgehead atoms. The third-order valence-corrected chi connectivity index (χ3v) is 2.31. The van der Waals surface area contributed by atoms with E-state index in [1.165, 1.54) is 4.90 Å². The average molecular weight is 211 g/mol. The molecule has 0 aromatic carbocycles. The summed E-state index contributed by atoms with van der Waals surface area (Å²) in [7, 11) is 1.55. The SMILES string of the molecule is CCCCN(C)[C@@H](C(C)C)C(F)(F)F. The summed E-state index contributed by atoms with van der Waals surface area (Å²) >= 11 is 0. The van der Waals surface area contributed by atoms with E-state index in [1.54, 1.807) is 20.9 Å². The van der Waals surface area contributed by atoms with Crippen LogP contribution in [0.15, 0.2) is 0 Å². The lowest BCUT2D eigenvalue weighted by Gasteiger charge is -2.32. The predicted octanol–water partition coefficient (Wildman–Crippen LogP) is 3.31. The van der Waals surface area contributed by atoms with E-state index >= 15 is 0 Å². The van der Waals surface area contributed by atoms with Gasteiger partial charge in [0, 0.05) is 0 Å². The molecule has 1 atom stereocenters. The molecule has 0 unspecified atom stereocenters. The van der Waals surface area contributed by atoms with Crippen LogP contribution >= 0.6 is 0 Å². The molecule has 0 aromatic heterocycles. The summed E-state index contributed by atoms with van der Waals surface area (Å²) in [5.74, 6) is -0.392. The molecule has 1 nitrogen and oxygen atoms in total. The number of halogens is 3. The molecule has 0 N–H and O–H groups in total. The van der Waals surface area contributed by atoms with Gasteiger partial charge in [0.2, 0.25) is 0 Å². The zero-order chi connectivity index (χ0) is 11.4. The number of nitrogens with zero attached hydrogens (tertiary/aromatic N) is 1. The van der Waals surface area contributed by atoms with Crippen LogP contribution in [0.3, 0.4) is 0 Å². The van der Waals surface area contributed by atoms with Gasteiger partial charge in [0.15, 0.2) is 0 Å². The lowest BCUT2D eigenvalue weighted by atomic mass is 10.0. The van der Waals surface area contributed by atoms with Crippen LogP contribution in [0, 0.1) is 5.92 Å². The lowest BCUT2D eigenvalue weighted by Crippen LogP contribution is -2.47. The van der Waals surface area contributed by atoms with E-state index in [4.69, 9.17) is 0 Å². The monoisotopic (exact) mass is 211 g/mol. The van der Waals surface area contributed by atoms with Gasteiger partial charge < -0.3 is 0 Å². The summed E-state index contributed by atoms with van der Waals surface area (Å²) in [5.41, 5.74) is 0. The second-order valence-electron chi connectivity index (χ2n) is 4.06. The van der Waals surface area contributed by atoms with E-state index in [0.29, 0.717) is 6.54 Å². The van der Waals surface area contributed by atoms with Crippen molar-refractivity contribution in [1.82, 2.24) is 4.90 Å². The van der Waals surface area contributed by atoms with Crippen molar-refractivity contribution in [1.29, 1.82) is 0 Å². The van der Waals surface area contributed by atoms with Crippen LogP contribution in [0.2, 0.25) is 0 Å². The van der Waals surface area contributed by atoms with Crippen LogP contribution in [0.25, 0.3) is 0 Å². The summed E-state index contributed by atoms with van der Waals surface area (Å²) in [5, 5.41) is 0. The summed E-state index contributed by atoms with van der Waals surface area (Å²) in [4.78, 5) is 1.41. The van der Waals surface area contributed by atoms with Crippen molar-refractivity contribution >= 4 is 0 Å². The molecule has 0 aliphatic heterocycles. The van der Waals surface area contributed by atoms with Crippen LogP contribution in [0.1, 0.15) is 33.6 Å². The Morgan fingerprint density at radius 3 is 2.00 bits per heavy atom. The second-order valence-corrected chi connectivity index (χ2v) is 4.06. The number of rotatable bonds is 5. The highest BCUT2D eigenvalue weighted by Gasteiger charge is 2.43. The first-order valence-corrected chi connectivity index (χ1v) is 5.07. The van der Waals surface area contributed by atoms with Gasteiger partial charge in [-0.2, -0.15) is 13.2 Å². The zero-order valence-corrected chi connectivity index (χ0v) is 9.36. The van der Waals surface area contributed by atoms with Crippen molar-refractivity contribution in [2.75, 3.05) is 13.6 Å². The van der Waals surface area contributed by atoms with Gasteiger partial charge in [0.25, 0.3) is 0 Å². The highest BCUT2D eigenvalue weighted by molar-refractivity contribution is 4.79. The van der Waals surface area contributed by atoms with Crippen LogP contribution in [0.4, 0.5) is 13.2 Å². The van der Waals surface area contributed by atoms with Gasteiger partial charge in [0.1, 0.15) is 6.04 Å². The van der Waals surface area contributed by atoms with Crippen molar-refractivity contribution in [2.45, 2.75) is 45.8 Å². The molecule has 0 aliphatic rings. The summed E-state index contributed by atoms with van der Waals surface area (Å²) in [6.45, 7) is 5.71. The van der Waals surface area contributed by atoms with E-state index in [2.05, 4.69) is 0 Å². The molecule has 0 amide bonds. The standard InChI is InChI=1S/C10H20F3N/c1-5-6-7-14(4)9(8(2)3)10(11,12)13/h8-9H,5-7H2,1-4H3/t9-/m0/s1. The Morgan fingerprint density at radius 2 is 1.71 bits per heavy atom. The Bertz CT molecular complexity index is 154. The molecule has 0 heterocycles. The van der Waals surface area contributed by atoms with Crippen LogP contribution in [0.5, 0.6) is 0 Å². The third kappa shape index (κ3) is 4.31. The molecular weight excluding hydrogens is 191 g/mol. The van der Waals surface area contributed by atoms with Crippen LogP contribution in [-0.2, 0) is 0 Å². The minimum Gasteiger partial charge on any atom is -0.295 e. The fourth-order valence-corrected chi connectivity index (χ4v) is 1.68. The Balaban J connectivity index is 4.34. The summed E-state index contributed by atoms with van der Waals surface area (Å²) < 4.78 is 37.8. The minimum absolute atomic E-state index is 0.392. The highest BCUT2D eigenvalue weighted by atomic mass is 19.4. The van der Waals surface area contributed by atoms with Crippen molar-refractivity contribution in [2.24, 2.45) is 5.92 Å². The first-order chi connectivity index (χ1) is 6.30. The van der Waals surface area contributed by atoms with E-state index in [9.17, 15) is 13.2 Å². The predicted molar refractivity (Wildman–Crippen MR) is 52.2 cm³/mol. The number of unbranched alkanes of at least 4 members (excludes halogenated alkanes) is 1. The van der Waals surface area contributed by atoms with Gasteiger partial charge >= 0.3 is 6.18 Å². The van der Waals surface area contributed by atoms with Crippen molar-refractivity contribution in [3.8, 4) is 0 Å². The first kappa shape index (κ1) is 13.8. The maximum absolute atomic E-state index is 12.6. The molecule has 4 heteroatoms. The van der Waals surface area contributed by atoms with Crippen LogP contribution < -0.4 is 0 Å². The molecule has 14 heavy (non-hydrogen) atoms. The van der Waals surface area contributed by atoms with Crippen molar-refractivity contribution in [3.63, 3.8) is 0 Å². The molecule has 0 spiro atoms. The fraction of sp³-hybridized carbons (Fsp3) is 1.00. The lowest BCUT2D eigenvalue weighted by molar-refractivity contribution is -0.191. The molecule has 86 valence electrons. The maximum Gasteiger partial charge on any atom is 0.404 e. The van der Waals surface area contributed by atoms with Gasteiger partial charge in [-0.25, -0.2) is 0 Å². The Hall–Kier alpha value is -0.250. The number of alkyl halides is 3. The Kier molecular flexibility index (Phi) is 5.49. The van der Waals surface area contributed by atoms with Gasteiger partial charge in [-0.15, -0.1) is 0 Å². The molecule has 0 radical (unpaired) electrons. The van der Waals surface area contributed by atoms with Crippen molar-refractivity contribution in [3.05, 3.63) is 0 Å². The molecular formula is C10H20F3N. The smallest absolute Gasteiger partial charge is 0.295 e. The zero-order valence-electron chi connectivity index (χ0n) is 9.36. The highest BCUT2D eigenvalue weighted by Crippen LogP contribution is 2.29. The van der Waals surface area contributed by atoms with Gasteiger partial charge in [-0.1, -0.05) is 27.2 Å². The minimum atomic E-state index is -4.11. The van der Waals surface area contributed by atoms with E-state index < -0.39 is 18.1 Å². The first-order valence-electron chi connectivity index (χ1n) is 5.07. The molecule has 0 saturated carbocycles.